The van der Waals surface area contributed by atoms with Crippen LogP contribution in [-0.4, -0.2) is 36.0 Å². The van der Waals surface area contributed by atoms with E-state index in [-0.39, 0.29) is 0 Å². The summed E-state index contributed by atoms with van der Waals surface area (Å²) < 4.78 is 5.73. The Balaban J connectivity index is 1.65. The average molecular weight is 312 g/mol. The summed E-state index contributed by atoms with van der Waals surface area (Å²) in [5.74, 6) is 0.980. The zero-order chi connectivity index (χ0) is 12.6. The van der Waals surface area contributed by atoms with E-state index >= 15 is 0 Å². The normalized spacial score (nSPS) is 20.8. The van der Waals surface area contributed by atoms with Crippen molar-refractivity contribution in [1.29, 1.82) is 0 Å². The molecule has 1 saturated heterocycles. The van der Waals surface area contributed by atoms with Crippen molar-refractivity contribution < 1.29 is 4.74 Å². The van der Waals surface area contributed by atoms with Crippen molar-refractivity contribution in [2.45, 2.75) is 31.7 Å². The summed E-state index contributed by atoms with van der Waals surface area (Å²) in [6.45, 7) is 3.22. The van der Waals surface area contributed by atoms with E-state index in [4.69, 9.17) is 4.74 Å². The molecule has 0 N–H and O–H groups in total. The van der Waals surface area contributed by atoms with Crippen LogP contribution in [0.2, 0.25) is 0 Å². The van der Waals surface area contributed by atoms with Crippen LogP contribution in [0.25, 0.3) is 0 Å². The maximum absolute atomic E-state index is 5.73. The summed E-state index contributed by atoms with van der Waals surface area (Å²) in [5.41, 5.74) is 0. The highest BCUT2D eigenvalue weighted by molar-refractivity contribution is 9.09. The highest BCUT2D eigenvalue weighted by Crippen LogP contribution is 2.18. The van der Waals surface area contributed by atoms with Crippen molar-refractivity contribution in [2.24, 2.45) is 0 Å². The summed E-state index contributed by atoms with van der Waals surface area (Å²) in [5, 5.41) is 1.10. The molecule has 0 aliphatic carbocycles. The van der Waals surface area contributed by atoms with Crippen molar-refractivity contribution in [1.82, 2.24) is 4.90 Å². The van der Waals surface area contributed by atoms with Gasteiger partial charge in [-0.3, -0.25) is 4.90 Å². The van der Waals surface area contributed by atoms with Gasteiger partial charge in [0.1, 0.15) is 5.75 Å². The van der Waals surface area contributed by atoms with Crippen LogP contribution in [0, 0.1) is 0 Å². The predicted molar refractivity (Wildman–Crippen MR) is 79.6 cm³/mol. The number of rotatable bonds is 6. The number of likely N-dealkylation sites (tertiary alicyclic amines) is 1. The van der Waals surface area contributed by atoms with E-state index in [1.54, 1.807) is 0 Å². The van der Waals surface area contributed by atoms with E-state index in [1.807, 2.05) is 30.3 Å². The van der Waals surface area contributed by atoms with Gasteiger partial charge in [-0.2, -0.15) is 0 Å². The molecule has 1 aliphatic heterocycles. The molecule has 1 fully saturated rings. The van der Waals surface area contributed by atoms with E-state index in [2.05, 4.69) is 20.8 Å². The molecule has 0 saturated carbocycles. The SMILES string of the molecule is BrCC1CCCCN1CCCOc1ccccc1. The molecule has 2 rings (SSSR count). The Morgan fingerprint density at radius 1 is 1.22 bits per heavy atom. The first kappa shape index (κ1) is 13.9. The van der Waals surface area contributed by atoms with Gasteiger partial charge < -0.3 is 4.74 Å². The highest BCUT2D eigenvalue weighted by Gasteiger charge is 2.20. The lowest BCUT2D eigenvalue weighted by Crippen LogP contribution is -2.41. The van der Waals surface area contributed by atoms with Gasteiger partial charge in [0.15, 0.2) is 0 Å². The Hall–Kier alpha value is -0.540. The Labute approximate surface area is 118 Å². The molecule has 100 valence electrons. The van der Waals surface area contributed by atoms with Gasteiger partial charge in [-0.15, -0.1) is 0 Å². The molecule has 1 aliphatic rings. The molecule has 0 spiro atoms. The first-order chi connectivity index (χ1) is 8.90. The number of ether oxygens (including phenoxy) is 1. The third-order valence-corrected chi connectivity index (χ3v) is 4.28. The highest BCUT2D eigenvalue weighted by atomic mass is 79.9. The van der Waals surface area contributed by atoms with Crippen LogP contribution in [0.4, 0.5) is 0 Å². The minimum Gasteiger partial charge on any atom is -0.494 e. The second kappa shape index (κ2) is 7.80. The van der Waals surface area contributed by atoms with Crippen molar-refractivity contribution in [3.8, 4) is 5.75 Å². The van der Waals surface area contributed by atoms with E-state index in [0.717, 1.165) is 36.7 Å². The first-order valence-electron chi connectivity index (χ1n) is 6.88. The lowest BCUT2D eigenvalue weighted by molar-refractivity contribution is 0.152. The van der Waals surface area contributed by atoms with Gasteiger partial charge in [0.2, 0.25) is 0 Å². The van der Waals surface area contributed by atoms with Crippen LogP contribution in [0.15, 0.2) is 30.3 Å². The van der Waals surface area contributed by atoms with Gasteiger partial charge >= 0.3 is 0 Å². The number of benzene rings is 1. The topological polar surface area (TPSA) is 12.5 Å². The number of alkyl halides is 1. The van der Waals surface area contributed by atoms with Crippen LogP contribution < -0.4 is 4.74 Å². The van der Waals surface area contributed by atoms with Gasteiger partial charge in [0.05, 0.1) is 6.61 Å². The van der Waals surface area contributed by atoms with Gasteiger partial charge in [-0.1, -0.05) is 40.5 Å². The summed E-state index contributed by atoms with van der Waals surface area (Å²) in [7, 11) is 0. The van der Waals surface area contributed by atoms with E-state index in [0.29, 0.717) is 0 Å². The molecule has 1 aromatic rings. The third-order valence-electron chi connectivity index (χ3n) is 3.53. The minimum atomic E-state index is 0.732. The molecule has 18 heavy (non-hydrogen) atoms. The molecule has 2 nitrogen and oxygen atoms in total. The van der Waals surface area contributed by atoms with E-state index in [9.17, 15) is 0 Å². The largest absolute Gasteiger partial charge is 0.494 e. The third kappa shape index (κ3) is 4.29. The van der Waals surface area contributed by atoms with Crippen molar-refractivity contribution in [3.63, 3.8) is 0 Å². The van der Waals surface area contributed by atoms with Gasteiger partial charge in [-0.25, -0.2) is 0 Å². The molecule has 0 amide bonds. The fourth-order valence-electron chi connectivity index (χ4n) is 2.50. The van der Waals surface area contributed by atoms with E-state index < -0.39 is 0 Å². The number of para-hydroxylation sites is 1. The second-order valence-electron chi connectivity index (χ2n) is 4.85. The van der Waals surface area contributed by atoms with Gasteiger partial charge in [0, 0.05) is 17.9 Å². The molecular weight excluding hydrogens is 290 g/mol. The zero-order valence-corrected chi connectivity index (χ0v) is 12.4. The number of halogens is 1. The van der Waals surface area contributed by atoms with E-state index in [1.165, 1.54) is 25.8 Å². The molecule has 1 heterocycles. The molecule has 0 bridgehead atoms. The van der Waals surface area contributed by atoms with Crippen LogP contribution in [-0.2, 0) is 0 Å². The second-order valence-corrected chi connectivity index (χ2v) is 5.50. The van der Waals surface area contributed by atoms with Crippen LogP contribution in [0.3, 0.4) is 0 Å². The maximum Gasteiger partial charge on any atom is 0.119 e. The molecule has 0 aromatic heterocycles. The van der Waals surface area contributed by atoms with Crippen molar-refractivity contribution in [3.05, 3.63) is 30.3 Å². The van der Waals surface area contributed by atoms with Crippen molar-refractivity contribution in [2.75, 3.05) is 25.0 Å². The Bertz CT molecular complexity index is 331. The lowest BCUT2D eigenvalue weighted by atomic mass is 10.0. The van der Waals surface area contributed by atoms with Gasteiger partial charge in [0.25, 0.3) is 0 Å². The van der Waals surface area contributed by atoms with Crippen LogP contribution >= 0.6 is 15.9 Å². The number of piperidine rings is 1. The monoisotopic (exact) mass is 311 g/mol. The summed E-state index contributed by atoms with van der Waals surface area (Å²) >= 11 is 3.62. The Morgan fingerprint density at radius 2 is 2.06 bits per heavy atom. The number of hydrogen-bond acceptors (Lipinski definition) is 2. The number of nitrogens with zero attached hydrogens (tertiary/aromatic N) is 1. The standard InChI is InChI=1S/C15H22BrNO/c16-13-14-7-4-5-10-17(14)11-6-12-18-15-8-2-1-3-9-15/h1-3,8-9,14H,4-7,10-13H2. The van der Waals surface area contributed by atoms with Crippen molar-refractivity contribution >= 4 is 15.9 Å². The predicted octanol–water partition coefficient (Wildman–Crippen LogP) is 3.70. The molecule has 1 atom stereocenters. The first-order valence-corrected chi connectivity index (χ1v) is 8.00. The molecule has 1 aromatic carbocycles. The quantitative estimate of drug-likeness (QED) is 0.586. The fourth-order valence-corrected chi connectivity index (χ4v) is 3.24. The smallest absolute Gasteiger partial charge is 0.119 e. The number of hydrogen-bond donors (Lipinski definition) is 0. The summed E-state index contributed by atoms with van der Waals surface area (Å²) in [6.07, 6.45) is 5.18. The summed E-state index contributed by atoms with van der Waals surface area (Å²) in [4.78, 5) is 2.60. The summed E-state index contributed by atoms with van der Waals surface area (Å²) in [6, 6.07) is 10.8. The van der Waals surface area contributed by atoms with Crippen LogP contribution in [0.1, 0.15) is 25.7 Å². The Kier molecular flexibility index (Phi) is 6.01. The van der Waals surface area contributed by atoms with Gasteiger partial charge in [-0.05, 0) is 37.9 Å². The average Bonchev–Trinajstić information content (AvgIpc) is 2.45. The molecule has 0 radical (unpaired) electrons. The van der Waals surface area contributed by atoms with Crippen LogP contribution in [0.5, 0.6) is 5.75 Å². The molecule has 3 heteroatoms. The zero-order valence-electron chi connectivity index (χ0n) is 10.9. The Morgan fingerprint density at radius 3 is 2.83 bits per heavy atom. The molecular formula is C15H22BrNO. The lowest BCUT2D eigenvalue weighted by Gasteiger charge is -2.34. The fraction of sp³-hybridized carbons (Fsp3) is 0.600. The molecule has 1 unspecified atom stereocenters. The minimum absolute atomic E-state index is 0.732. The maximum atomic E-state index is 5.73.